The predicted molar refractivity (Wildman–Crippen MR) is 64.7 cm³/mol. The van der Waals surface area contributed by atoms with Gasteiger partial charge in [-0.3, -0.25) is 0 Å². The Morgan fingerprint density at radius 2 is 2.13 bits per heavy atom. The van der Waals surface area contributed by atoms with Crippen molar-refractivity contribution in [2.75, 3.05) is 26.2 Å². The summed E-state index contributed by atoms with van der Waals surface area (Å²) in [7, 11) is 0. The third-order valence-corrected chi connectivity index (χ3v) is 4.66. The van der Waals surface area contributed by atoms with E-state index < -0.39 is 0 Å². The van der Waals surface area contributed by atoms with Gasteiger partial charge in [0.25, 0.3) is 0 Å². The zero-order valence-corrected chi connectivity index (χ0v) is 10.3. The minimum atomic E-state index is 0.506. The summed E-state index contributed by atoms with van der Waals surface area (Å²) in [6.07, 6.45) is 5.54. The van der Waals surface area contributed by atoms with Crippen molar-refractivity contribution in [2.24, 2.45) is 23.0 Å². The minimum Gasteiger partial charge on any atom is -0.330 e. The van der Waals surface area contributed by atoms with E-state index in [1.807, 2.05) is 0 Å². The molecule has 0 radical (unpaired) electrons. The van der Waals surface area contributed by atoms with Gasteiger partial charge in [-0.15, -0.1) is 0 Å². The molecule has 1 saturated heterocycles. The van der Waals surface area contributed by atoms with Crippen molar-refractivity contribution in [2.45, 2.75) is 39.5 Å². The second-order valence-corrected chi connectivity index (χ2v) is 6.09. The van der Waals surface area contributed by atoms with Gasteiger partial charge < -0.3 is 10.6 Å². The maximum Gasteiger partial charge on any atom is 0.00502 e. The summed E-state index contributed by atoms with van der Waals surface area (Å²) < 4.78 is 0. The lowest BCUT2D eigenvalue weighted by Gasteiger charge is -2.43. The zero-order chi connectivity index (χ0) is 10.9. The van der Waals surface area contributed by atoms with Gasteiger partial charge in [0.15, 0.2) is 0 Å². The summed E-state index contributed by atoms with van der Waals surface area (Å²) in [5.74, 6) is 1.78. The van der Waals surface area contributed by atoms with Gasteiger partial charge in [0, 0.05) is 13.1 Å². The van der Waals surface area contributed by atoms with E-state index in [1.165, 1.54) is 45.3 Å². The van der Waals surface area contributed by atoms with Crippen LogP contribution < -0.4 is 5.73 Å². The molecule has 0 bridgehead atoms. The molecule has 88 valence electrons. The molecule has 2 aliphatic rings. The molecule has 2 rings (SSSR count). The molecule has 0 aromatic carbocycles. The largest absolute Gasteiger partial charge is 0.330 e. The molecular weight excluding hydrogens is 184 g/mol. The molecule has 1 heterocycles. The number of hydrogen-bond acceptors (Lipinski definition) is 2. The number of hydrogen-bond donors (Lipinski definition) is 1. The number of rotatable bonds is 4. The van der Waals surface area contributed by atoms with E-state index in [4.69, 9.17) is 5.73 Å². The first kappa shape index (κ1) is 11.4. The smallest absolute Gasteiger partial charge is 0.00502 e. The van der Waals surface area contributed by atoms with Crippen molar-refractivity contribution < 1.29 is 0 Å². The third-order valence-electron chi connectivity index (χ3n) is 4.66. The monoisotopic (exact) mass is 210 g/mol. The van der Waals surface area contributed by atoms with Gasteiger partial charge in [-0.05, 0) is 49.6 Å². The molecule has 0 spiro atoms. The maximum absolute atomic E-state index is 5.91. The lowest BCUT2D eigenvalue weighted by Crippen LogP contribution is -2.46. The molecule has 0 amide bonds. The average Bonchev–Trinajstić information content (AvgIpc) is 2.59. The topological polar surface area (TPSA) is 29.3 Å². The van der Waals surface area contributed by atoms with Crippen LogP contribution in [0.5, 0.6) is 0 Å². The highest BCUT2D eigenvalue weighted by atomic mass is 15.2. The van der Waals surface area contributed by atoms with Crippen molar-refractivity contribution in [3.05, 3.63) is 0 Å². The molecule has 0 aromatic rings. The molecule has 15 heavy (non-hydrogen) atoms. The van der Waals surface area contributed by atoms with Crippen LogP contribution in [0.3, 0.4) is 0 Å². The Labute approximate surface area is 94.2 Å². The van der Waals surface area contributed by atoms with Crippen LogP contribution in [0.25, 0.3) is 0 Å². The van der Waals surface area contributed by atoms with Crippen molar-refractivity contribution in [1.82, 2.24) is 4.90 Å². The van der Waals surface area contributed by atoms with Gasteiger partial charge in [0.05, 0.1) is 0 Å². The fourth-order valence-corrected chi connectivity index (χ4v) is 3.13. The van der Waals surface area contributed by atoms with Crippen LogP contribution in [0.1, 0.15) is 39.5 Å². The van der Waals surface area contributed by atoms with Gasteiger partial charge >= 0.3 is 0 Å². The highest BCUT2D eigenvalue weighted by Crippen LogP contribution is 2.41. The Morgan fingerprint density at radius 1 is 1.40 bits per heavy atom. The first-order chi connectivity index (χ1) is 7.15. The number of nitrogens with two attached hydrogens (primary N) is 1. The third kappa shape index (κ3) is 2.36. The molecule has 1 unspecified atom stereocenters. The summed E-state index contributed by atoms with van der Waals surface area (Å²) in [5.41, 5.74) is 6.42. The zero-order valence-electron chi connectivity index (χ0n) is 10.3. The van der Waals surface area contributed by atoms with Gasteiger partial charge in [-0.25, -0.2) is 0 Å². The number of nitrogens with zero attached hydrogens (tertiary/aromatic N) is 1. The Bertz CT molecular complexity index is 203. The van der Waals surface area contributed by atoms with Crippen LogP contribution in [0.2, 0.25) is 0 Å². The maximum atomic E-state index is 5.91. The highest BCUT2D eigenvalue weighted by Gasteiger charge is 2.38. The quantitative estimate of drug-likeness (QED) is 0.770. The van der Waals surface area contributed by atoms with Crippen LogP contribution in [-0.4, -0.2) is 31.1 Å². The summed E-state index contributed by atoms with van der Waals surface area (Å²) in [6.45, 7) is 9.51. The molecule has 2 fully saturated rings. The first-order valence-corrected chi connectivity index (χ1v) is 6.58. The Morgan fingerprint density at radius 3 is 2.53 bits per heavy atom. The molecule has 0 aromatic heterocycles. The van der Waals surface area contributed by atoms with Crippen LogP contribution >= 0.6 is 0 Å². The van der Waals surface area contributed by atoms with Crippen LogP contribution in [-0.2, 0) is 0 Å². The van der Waals surface area contributed by atoms with Crippen molar-refractivity contribution in [3.8, 4) is 0 Å². The van der Waals surface area contributed by atoms with E-state index in [-0.39, 0.29) is 0 Å². The SMILES string of the molecule is CC(C)C1CCN(CC2(CN)CCC2)C1. The van der Waals surface area contributed by atoms with Gasteiger partial charge in [-0.2, -0.15) is 0 Å². The van der Waals surface area contributed by atoms with E-state index >= 15 is 0 Å². The van der Waals surface area contributed by atoms with E-state index in [9.17, 15) is 0 Å². The summed E-state index contributed by atoms with van der Waals surface area (Å²) in [5, 5.41) is 0. The second-order valence-electron chi connectivity index (χ2n) is 6.09. The lowest BCUT2D eigenvalue weighted by molar-refractivity contribution is 0.0839. The van der Waals surface area contributed by atoms with Crippen LogP contribution in [0.15, 0.2) is 0 Å². The van der Waals surface area contributed by atoms with Gasteiger partial charge in [0.1, 0.15) is 0 Å². The highest BCUT2D eigenvalue weighted by molar-refractivity contribution is 4.93. The minimum absolute atomic E-state index is 0.506. The standard InChI is InChI=1S/C13H26N2/c1-11(2)12-4-7-15(8-12)10-13(9-14)5-3-6-13/h11-12H,3-10,14H2,1-2H3. The summed E-state index contributed by atoms with van der Waals surface area (Å²) in [4.78, 5) is 2.66. The number of likely N-dealkylation sites (tertiary alicyclic amines) is 1. The fraction of sp³-hybridized carbons (Fsp3) is 1.00. The molecule has 1 aliphatic carbocycles. The molecule has 2 heteroatoms. The summed E-state index contributed by atoms with van der Waals surface area (Å²) in [6, 6.07) is 0. The van der Waals surface area contributed by atoms with Crippen molar-refractivity contribution in [1.29, 1.82) is 0 Å². The molecule has 1 aliphatic heterocycles. The van der Waals surface area contributed by atoms with E-state index in [0.717, 1.165) is 18.4 Å². The van der Waals surface area contributed by atoms with Crippen LogP contribution in [0, 0.1) is 17.3 Å². The molecule has 1 saturated carbocycles. The Hall–Kier alpha value is -0.0800. The van der Waals surface area contributed by atoms with E-state index in [0.29, 0.717) is 5.41 Å². The Kier molecular flexibility index (Phi) is 3.36. The van der Waals surface area contributed by atoms with E-state index in [2.05, 4.69) is 18.7 Å². The van der Waals surface area contributed by atoms with Crippen molar-refractivity contribution >= 4 is 0 Å². The molecule has 2 nitrogen and oxygen atoms in total. The average molecular weight is 210 g/mol. The molecular formula is C13H26N2. The van der Waals surface area contributed by atoms with Gasteiger partial charge in [-0.1, -0.05) is 20.3 Å². The van der Waals surface area contributed by atoms with E-state index in [1.54, 1.807) is 0 Å². The van der Waals surface area contributed by atoms with Gasteiger partial charge in [0.2, 0.25) is 0 Å². The predicted octanol–water partition coefficient (Wildman–Crippen LogP) is 2.09. The fourth-order valence-electron chi connectivity index (χ4n) is 3.13. The Balaban J connectivity index is 1.81. The second kappa shape index (κ2) is 4.42. The van der Waals surface area contributed by atoms with Crippen LogP contribution in [0.4, 0.5) is 0 Å². The van der Waals surface area contributed by atoms with Crippen molar-refractivity contribution in [3.63, 3.8) is 0 Å². The molecule has 2 N–H and O–H groups in total. The lowest BCUT2D eigenvalue weighted by atomic mass is 9.68. The summed E-state index contributed by atoms with van der Waals surface area (Å²) >= 11 is 0. The molecule has 1 atom stereocenters. The first-order valence-electron chi connectivity index (χ1n) is 6.58. The normalized spacial score (nSPS) is 30.8.